The second kappa shape index (κ2) is 6.25. The SMILES string of the molecule is CS(=O)(=O)[N-]S(=O)(=O)C(F)(F)C(=O)N1CC[C@H]2CCCC[C@H]2C1. The van der Waals surface area contributed by atoms with E-state index in [0.717, 1.165) is 30.6 Å². The number of fused-ring (bicyclic) bond motifs is 1. The number of hydrogen-bond donors (Lipinski definition) is 0. The van der Waals surface area contributed by atoms with Crippen LogP contribution < -0.4 is 0 Å². The van der Waals surface area contributed by atoms with Gasteiger partial charge in [0, 0.05) is 19.3 Å². The summed E-state index contributed by atoms with van der Waals surface area (Å²) in [7, 11) is -10.3. The lowest BCUT2D eigenvalue weighted by atomic mass is 9.75. The summed E-state index contributed by atoms with van der Waals surface area (Å²) in [5.41, 5.74) is 0. The minimum Gasteiger partial charge on any atom is -0.431 e. The van der Waals surface area contributed by atoms with E-state index in [1.807, 2.05) is 0 Å². The van der Waals surface area contributed by atoms with Crippen molar-refractivity contribution in [2.75, 3.05) is 19.3 Å². The number of halogens is 2. The monoisotopic (exact) mass is 373 g/mol. The first-order valence-electron chi connectivity index (χ1n) is 7.30. The summed E-state index contributed by atoms with van der Waals surface area (Å²) in [6, 6.07) is 0. The second-order valence-electron chi connectivity index (χ2n) is 6.14. The average molecular weight is 373 g/mol. The van der Waals surface area contributed by atoms with Crippen molar-refractivity contribution in [2.24, 2.45) is 11.8 Å². The Hall–Kier alpha value is -0.810. The van der Waals surface area contributed by atoms with Gasteiger partial charge in [0.2, 0.25) is 0 Å². The molecule has 0 radical (unpaired) electrons. The zero-order chi connectivity index (χ0) is 17.5. The predicted octanol–water partition coefficient (Wildman–Crippen LogP) is 1.28. The molecule has 7 nitrogen and oxygen atoms in total. The normalized spacial score (nSPS) is 26.7. The van der Waals surface area contributed by atoms with Gasteiger partial charge in [0.05, 0.1) is 10.0 Å². The first kappa shape index (κ1) is 18.5. The molecule has 2 aliphatic rings. The van der Waals surface area contributed by atoms with E-state index in [-0.39, 0.29) is 19.0 Å². The summed E-state index contributed by atoms with van der Waals surface area (Å²) in [5.74, 6) is -1.43. The van der Waals surface area contributed by atoms with Gasteiger partial charge >= 0.3 is 11.2 Å². The van der Waals surface area contributed by atoms with E-state index >= 15 is 0 Å². The molecule has 1 aliphatic heterocycles. The van der Waals surface area contributed by atoms with Gasteiger partial charge in [-0.1, -0.05) is 19.3 Å². The summed E-state index contributed by atoms with van der Waals surface area (Å²) < 4.78 is 74.9. The largest absolute Gasteiger partial charge is 0.431 e. The predicted molar refractivity (Wildman–Crippen MR) is 78.7 cm³/mol. The van der Waals surface area contributed by atoms with Crippen LogP contribution >= 0.6 is 0 Å². The molecule has 0 bridgehead atoms. The standard InChI is InChI=1S/C12H19F2N2O5S2/c1-22(18,19)15-23(20,21)12(13,14)11(17)16-7-6-9-4-2-3-5-10(9)8-16/h9-10H,2-8H2,1H3/q-1/t9-,10+/m1/s1. The van der Waals surface area contributed by atoms with Crippen LogP contribution in [-0.4, -0.2) is 52.2 Å². The number of sulfonamides is 2. The quantitative estimate of drug-likeness (QED) is 0.738. The summed E-state index contributed by atoms with van der Waals surface area (Å²) in [6.45, 7) is 0.122. The Morgan fingerprint density at radius 2 is 1.65 bits per heavy atom. The Balaban J connectivity index is 2.15. The fourth-order valence-corrected chi connectivity index (χ4v) is 5.45. The number of carbonyl (C=O) groups is 1. The summed E-state index contributed by atoms with van der Waals surface area (Å²) in [4.78, 5) is 12.8. The van der Waals surface area contributed by atoms with E-state index in [0.29, 0.717) is 18.6 Å². The topological polar surface area (TPSA) is 103 Å². The first-order chi connectivity index (χ1) is 10.4. The molecule has 1 saturated carbocycles. The molecule has 0 spiro atoms. The molecule has 11 heteroatoms. The smallest absolute Gasteiger partial charge is 0.406 e. The molecule has 0 N–H and O–H groups in total. The van der Waals surface area contributed by atoms with Gasteiger partial charge in [-0.25, -0.2) is 16.8 Å². The third-order valence-electron chi connectivity index (χ3n) is 4.38. The summed E-state index contributed by atoms with van der Waals surface area (Å²) in [6.07, 6.45) is 4.77. The maximum absolute atomic E-state index is 14.0. The van der Waals surface area contributed by atoms with Crippen LogP contribution in [0.15, 0.2) is 0 Å². The van der Waals surface area contributed by atoms with E-state index < -0.39 is 31.2 Å². The summed E-state index contributed by atoms with van der Waals surface area (Å²) >= 11 is 0. The van der Waals surface area contributed by atoms with Crippen molar-refractivity contribution in [2.45, 2.75) is 37.4 Å². The maximum Gasteiger partial charge on any atom is 0.406 e. The highest BCUT2D eigenvalue weighted by Gasteiger charge is 2.51. The van der Waals surface area contributed by atoms with E-state index in [9.17, 15) is 30.4 Å². The molecule has 1 amide bonds. The van der Waals surface area contributed by atoms with Crippen LogP contribution in [0, 0.1) is 11.8 Å². The lowest BCUT2D eigenvalue weighted by Crippen LogP contribution is -2.53. The van der Waals surface area contributed by atoms with Crippen molar-refractivity contribution in [3.63, 3.8) is 0 Å². The molecule has 2 fully saturated rings. The highest BCUT2D eigenvalue weighted by Crippen LogP contribution is 2.38. The highest BCUT2D eigenvalue weighted by atomic mass is 32.3. The number of alkyl halides is 2. The Bertz CT molecular complexity index is 678. The van der Waals surface area contributed by atoms with Crippen molar-refractivity contribution >= 4 is 26.0 Å². The van der Waals surface area contributed by atoms with Crippen molar-refractivity contribution in [1.82, 2.24) is 4.90 Å². The molecule has 0 unspecified atom stereocenters. The molecule has 0 aromatic carbocycles. The van der Waals surface area contributed by atoms with Crippen LogP contribution in [0.25, 0.3) is 4.13 Å². The van der Waals surface area contributed by atoms with Gasteiger partial charge in [-0.15, -0.1) is 0 Å². The molecule has 1 heterocycles. The molecular weight excluding hydrogens is 354 g/mol. The van der Waals surface area contributed by atoms with Crippen LogP contribution in [0.2, 0.25) is 0 Å². The van der Waals surface area contributed by atoms with Gasteiger partial charge in [0.25, 0.3) is 0 Å². The molecular formula is C12H19F2N2O5S2-. The molecule has 134 valence electrons. The number of likely N-dealkylation sites (tertiary alicyclic amines) is 1. The van der Waals surface area contributed by atoms with E-state index in [1.54, 1.807) is 0 Å². The van der Waals surface area contributed by atoms with E-state index in [2.05, 4.69) is 4.13 Å². The number of amides is 1. The second-order valence-corrected chi connectivity index (χ2v) is 9.67. The van der Waals surface area contributed by atoms with Crippen LogP contribution in [0.5, 0.6) is 0 Å². The molecule has 23 heavy (non-hydrogen) atoms. The number of carbonyl (C=O) groups excluding carboxylic acids is 1. The number of rotatable bonds is 4. The maximum atomic E-state index is 14.0. The summed E-state index contributed by atoms with van der Waals surface area (Å²) in [5, 5.41) is -4.88. The van der Waals surface area contributed by atoms with Crippen molar-refractivity contribution in [1.29, 1.82) is 0 Å². The van der Waals surface area contributed by atoms with Gasteiger partial charge in [0.15, 0.2) is 10.0 Å². The van der Waals surface area contributed by atoms with Gasteiger partial charge in [-0.3, -0.25) is 4.79 Å². The molecule has 0 aromatic rings. The van der Waals surface area contributed by atoms with Crippen LogP contribution in [0.3, 0.4) is 0 Å². The van der Waals surface area contributed by atoms with Gasteiger partial charge in [-0.05, 0) is 24.7 Å². The number of nitrogens with zero attached hydrogens (tertiary/aromatic N) is 2. The van der Waals surface area contributed by atoms with E-state index in [4.69, 9.17) is 0 Å². The highest BCUT2D eigenvalue weighted by molar-refractivity contribution is 8.12. The lowest BCUT2D eigenvalue weighted by Gasteiger charge is -2.42. The minimum absolute atomic E-state index is 0.0456. The van der Waals surface area contributed by atoms with Crippen LogP contribution in [0.4, 0.5) is 8.78 Å². The van der Waals surface area contributed by atoms with Crippen molar-refractivity contribution < 1.29 is 30.4 Å². The third kappa shape index (κ3) is 4.00. The minimum atomic E-state index is -5.78. The fraction of sp³-hybridized carbons (Fsp3) is 0.917. The molecule has 2 rings (SSSR count). The Labute approximate surface area is 134 Å². The number of hydrogen-bond acceptors (Lipinski definition) is 5. The zero-order valence-corrected chi connectivity index (χ0v) is 14.2. The van der Waals surface area contributed by atoms with Gasteiger partial charge in [0.1, 0.15) is 0 Å². The zero-order valence-electron chi connectivity index (χ0n) is 12.6. The van der Waals surface area contributed by atoms with Crippen LogP contribution in [0.1, 0.15) is 32.1 Å². The number of piperidine rings is 1. The van der Waals surface area contributed by atoms with Crippen molar-refractivity contribution in [3.05, 3.63) is 4.13 Å². The Kier molecular flexibility index (Phi) is 5.03. The molecule has 0 aromatic heterocycles. The van der Waals surface area contributed by atoms with Crippen LogP contribution in [-0.2, 0) is 24.8 Å². The third-order valence-corrected chi connectivity index (χ3v) is 7.08. The van der Waals surface area contributed by atoms with Gasteiger partial charge < -0.3 is 9.03 Å². The fourth-order valence-electron chi connectivity index (χ4n) is 3.30. The Morgan fingerprint density at radius 3 is 2.22 bits per heavy atom. The van der Waals surface area contributed by atoms with Crippen molar-refractivity contribution in [3.8, 4) is 0 Å². The molecule has 1 saturated heterocycles. The molecule has 2 atom stereocenters. The van der Waals surface area contributed by atoms with E-state index in [1.165, 1.54) is 0 Å². The molecule has 1 aliphatic carbocycles. The van der Waals surface area contributed by atoms with Gasteiger partial charge in [-0.2, -0.15) is 8.78 Å². The first-order valence-corrected chi connectivity index (χ1v) is 10.6. The average Bonchev–Trinajstić information content (AvgIpc) is 2.43. The lowest BCUT2D eigenvalue weighted by molar-refractivity contribution is -0.150. The Morgan fingerprint density at radius 1 is 1.09 bits per heavy atom.